The summed E-state index contributed by atoms with van der Waals surface area (Å²) in [6, 6.07) is 11.0. The van der Waals surface area contributed by atoms with Crippen molar-refractivity contribution < 1.29 is 9.52 Å². The van der Waals surface area contributed by atoms with Crippen molar-refractivity contribution in [1.82, 2.24) is 0 Å². The zero-order chi connectivity index (χ0) is 17.8. The number of hydrogen-bond donors (Lipinski definition) is 1. The molecule has 1 aromatic carbocycles. The largest absolute Gasteiger partial charge is 0.507 e. The first-order chi connectivity index (χ1) is 12.0. The van der Waals surface area contributed by atoms with Crippen molar-refractivity contribution in [3.8, 4) is 17.1 Å². The van der Waals surface area contributed by atoms with Crippen molar-refractivity contribution in [2.45, 2.75) is 56.5 Å². The first-order valence-electron chi connectivity index (χ1n) is 9.12. The summed E-state index contributed by atoms with van der Waals surface area (Å²) in [6.45, 7) is 4.30. The van der Waals surface area contributed by atoms with Gasteiger partial charge in [0.25, 0.3) is 0 Å². The van der Waals surface area contributed by atoms with Crippen LogP contribution in [0, 0.1) is 5.92 Å². The lowest BCUT2D eigenvalue weighted by Gasteiger charge is -2.22. The van der Waals surface area contributed by atoms with Gasteiger partial charge in [0.1, 0.15) is 11.5 Å². The van der Waals surface area contributed by atoms with E-state index in [-0.39, 0.29) is 11.0 Å². The predicted octanol–water partition coefficient (Wildman–Crippen LogP) is 5.78. The molecule has 3 nitrogen and oxygen atoms in total. The molecular weight excluding hydrogens is 332 g/mol. The average Bonchev–Trinajstić information content (AvgIpc) is 3.07. The van der Waals surface area contributed by atoms with Gasteiger partial charge in [-0.3, -0.25) is 0 Å². The lowest BCUT2D eigenvalue weighted by Crippen LogP contribution is -2.15. The minimum atomic E-state index is -0.407. The van der Waals surface area contributed by atoms with E-state index in [2.05, 4.69) is 13.8 Å². The van der Waals surface area contributed by atoms with E-state index < -0.39 is 5.63 Å². The minimum absolute atomic E-state index is 0.0100. The molecule has 0 spiro atoms. The molecule has 1 fully saturated rings. The molecule has 3 rings (SSSR count). The Bertz CT molecular complexity index is 745. The van der Waals surface area contributed by atoms with Crippen LogP contribution in [-0.4, -0.2) is 10.4 Å². The first kappa shape index (κ1) is 18.1. The van der Waals surface area contributed by atoms with Crippen LogP contribution in [0.15, 0.2) is 45.6 Å². The van der Waals surface area contributed by atoms with Gasteiger partial charge in [-0.15, -0.1) is 11.8 Å². The second kappa shape index (κ2) is 8.13. The maximum atomic E-state index is 12.7. The van der Waals surface area contributed by atoms with Crippen LogP contribution in [0.5, 0.6) is 5.75 Å². The van der Waals surface area contributed by atoms with Crippen molar-refractivity contribution in [2.75, 3.05) is 0 Å². The highest BCUT2D eigenvalue weighted by Gasteiger charge is 2.28. The highest BCUT2D eigenvalue weighted by atomic mass is 32.2. The third-order valence-corrected chi connectivity index (χ3v) is 6.30. The number of thioether (sulfide) groups is 1. The number of rotatable bonds is 6. The Morgan fingerprint density at radius 2 is 1.88 bits per heavy atom. The fraction of sp³-hybridized carbons (Fsp3) is 0.476. The molecule has 1 saturated carbocycles. The van der Waals surface area contributed by atoms with Crippen molar-refractivity contribution in [1.29, 1.82) is 0 Å². The van der Waals surface area contributed by atoms with Gasteiger partial charge in [0.15, 0.2) is 0 Å². The summed E-state index contributed by atoms with van der Waals surface area (Å²) < 4.78 is 5.57. The molecule has 1 heterocycles. The molecule has 1 aromatic heterocycles. The van der Waals surface area contributed by atoms with E-state index in [1.165, 1.54) is 25.7 Å². The van der Waals surface area contributed by atoms with Crippen LogP contribution < -0.4 is 5.63 Å². The molecule has 0 aliphatic heterocycles. The van der Waals surface area contributed by atoms with Crippen molar-refractivity contribution in [3.63, 3.8) is 0 Å². The zero-order valence-corrected chi connectivity index (χ0v) is 15.7. The third kappa shape index (κ3) is 4.49. The number of hydrogen-bond acceptors (Lipinski definition) is 4. The molecule has 0 amide bonds. The van der Waals surface area contributed by atoms with Crippen LogP contribution in [0.1, 0.15) is 56.8 Å². The Balaban J connectivity index is 1.93. The molecule has 0 radical (unpaired) electrons. The molecule has 1 N–H and O–H groups in total. The van der Waals surface area contributed by atoms with Gasteiger partial charge in [0.2, 0.25) is 0 Å². The predicted molar refractivity (Wildman–Crippen MR) is 104 cm³/mol. The van der Waals surface area contributed by atoms with E-state index in [9.17, 15) is 9.90 Å². The fourth-order valence-electron chi connectivity index (χ4n) is 3.46. The number of benzene rings is 1. The quantitative estimate of drug-likeness (QED) is 0.711. The Kier molecular flexibility index (Phi) is 5.89. The monoisotopic (exact) mass is 358 g/mol. The topological polar surface area (TPSA) is 50.4 Å². The van der Waals surface area contributed by atoms with Crippen molar-refractivity contribution in [3.05, 3.63) is 52.4 Å². The lowest BCUT2D eigenvalue weighted by molar-refractivity contribution is 0.433. The van der Waals surface area contributed by atoms with Crippen LogP contribution in [0.3, 0.4) is 0 Å². The van der Waals surface area contributed by atoms with Crippen LogP contribution in [0.2, 0.25) is 0 Å². The summed E-state index contributed by atoms with van der Waals surface area (Å²) in [5, 5.41) is 11.2. The standard InChI is InChI=1S/C21H26O3S/c1-14(2)12-19(25-16-10-6-7-11-16)20-17(22)13-18(24-21(20)23)15-8-4-3-5-9-15/h3-5,8-9,13-14,16,19,22H,6-7,10-12H2,1-2H3/t19-/m0/s1. The van der Waals surface area contributed by atoms with Gasteiger partial charge in [-0.25, -0.2) is 4.79 Å². The molecule has 25 heavy (non-hydrogen) atoms. The summed E-state index contributed by atoms with van der Waals surface area (Å²) in [6.07, 6.45) is 5.80. The van der Waals surface area contributed by atoms with E-state index in [4.69, 9.17) is 4.42 Å². The molecule has 4 heteroatoms. The van der Waals surface area contributed by atoms with Gasteiger partial charge in [0.05, 0.1) is 5.56 Å². The summed E-state index contributed by atoms with van der Waals surface area (Å²) in [7, 11) is 0. The van der Waals surface area contributed by atoms with Gasteiger partial charge in [0, 0.05) is 22.1 Å². The van der Waals surface area contributed by atoms with Crippen LogP contribution in [0.25, 0.3) is 11.3 Å². The van der Waals surface area contributed by atoms with E-state index in [1.54, 1.807) is 6.07 Å². The average molecular weight is 359 g/mol. The van der Waals surface area contributed by atoms with Crippen molar-refractivity contribution in [2.24, 2.45) is 5.92 Å². The Labute approximate surface area is 153 Å². The molecule has 0 bridgehead atoms. The normalized spacial score (nSPS) is 16.4. The highest BCUT2D eigenvalue weighted by Crippen LogP contribution is 2.44. The van der Waals surface area contributed by atoms with Gasteiger partial charge < -0.3 is 9.52 Å². The summed E-state index contributed by atoms with van der Waals surface area (Å²) >= 11 is 1.84. The van der Waals surface area contributed by atoms with E-state index >= 15 is 0 Å². The smallest absolute Gasteiger partial charge is 0.344 e. The SMILES string of the molecule is CC(C)C[C@H](SC1CCCC1)c1c(O)cc(-c2ccccc2)oc1=O. The third-order valence-electron chi connectivity index (χ3n) is 4.69. The Morgan fingerprint density at radius 1 is 1.20 bits per heavy atom. The Morgan fingerprint density at radius 3 is 2.48 bits per heavy atom. The van der Waals surface area contributed by atoms with E-state index in [1.807, 2.05) is 42.1 Å². The summed E-state index contributed by atoms with van der Waals surface area (Å²) in [5.41, 5.74) is 0.825. The number of aromatic hydroxyl groups is 1. The molecule has 0 saturated heterocycles. The second-order valence-corrected chi connectivity index (χ2v) is 8.73. The molecule has 1 atom stereocenters. The molecular formula is C21H26O3S. The Hall–Kier alpha value is -1.68. The van der Waals surface area contributed by atoms with Gasteiger partial charge >= 0.3 is 5.63 Å². The van der Waals surface area contributed by atoms with E-state index in [0.29, 0.717) is 22.5 Å². The van der Waals surface area contributed by atoms with Gasteiger partial charge in [-0.05, 0) is 25.2 Å². The van der Waals surface area contributed by atoms with Crippen LogP contribution >= 0.6 is 11.8 Å². The fourth-order valence-corrected chi connectivity index (χ4v) is 5.38. The second-order valence-electron chi connectivity index (χ2n) is 7.22. The molecule has 134 valence electrons. The summed E-state index contributed by atoms with van der Waals surface area (Å²) in [5.74, 6) is 0.929. The van der Waals surface area contributed by atoms with Gasteiger partial charge in [-0.1, -0.05) is 57.0 Å². The van der Waals surface area contributed by atoms with Crippen molar-refractivity contribution >= 4 is 11.8 Å². The lowest BCUT2D eigenvalue weighted by atomic mass is 10.0. The maximum Gasteiger partial charge on any atom is 0.344 e. The van der Waals surface area contributed by atoms with Crippen LogP contribution in [-0.2, 0) is 0 Å². The molecule has 2 aromatic rings. The van der Waals surface area contributed by atoms with Gasteiger partial charge in [-0.2, -0.15) is 0 Å². The first-order valence-corrected chi connectivity index (χ1v) is 10.1. The van der Waals surface area contributed by atoms with E-state index in [0.717, 1.165) is 12.0 Å². The molecule has 0 unspecified atom stereocenters. The molecule has 1 aliphatic rings. The molecule has 1 aliphatic carbocycles. The maximum absolute atomic E-state index is 12.7. The summed E-state index contributed by atoms with van der Waals surface area (Å²) in [4.78, 5) is 12.7. The van der Waals surface area contributed by atoms with Crippen LogP contribution in [0.4, 0.5) is 0 Å². The minimum Gasteiger partial charge on any atom is -0.507 e. The zero-order valence-electron chi connectivity index (χ0n) is 14.9. The highest BCUT2D eigenvalue weighted by molar-refractivity contribution is 8.00.